The Bertz CT molecular complexity index is 913. The molecule has 0 saturated carbocycles. The molecular weight excluding hydrogens is 334 g/mol. The first kappa shape index (κ1) is 18.7. The Balaban J connectivity index is 2.25. The Labute approximate surface area is 150 Å². The molecule has 0 radical (unpaired) electrons. The van der Waals surface area contributed by atoms with Gasteiger partial charge < -0.3 is 10.1 Å². The van der Waals surface area contributed by atoms with Gasteiger partial charge >= 0.3 is 0 Å². The summed E-state index contributed by atoms with van der Waals surface area (Å²) in [6.07, 6.45) is 1.31. The van der Waals surface area contributed by atoms with E-state index in [1.165, 1.54) is 12.1 Å². The predicted molar refractivity (Wildman–Crippen MR) is 97.7 cm³/mol. The predicted octanol–water partition coefficient (Wildman–Crippen LogP) is 3.85. The fraction of sp³-hybridized carbons (Fsp3) is 0.158. The summed E-state index contributed by atoms with van der Waals surface area (Å²) in [6.45, 7) is 3.96. The molecule has 7 nitrogen and oxygen atoms in total. The van der Waals surface area contributed by atoms with Gasteiger partial charge in [-0.15, -0.1) is 0 Å². The summed E-state index contributed by atoms with van der Waals surface area (Å²) >= 11 is 0. The van der Waals surface area contributed by atoms with Gasteiger partial charge in [-0.2, -0.15) is 5.26 Å². The summed E-state index contributed by atoms with van der Waals surface area (Å²) in [5, 5.41) is 22.9. The molecule has 26 heavy (non-hydrogen) atoms. The zero-order chi connectivity index (χ0) is 19.1. The smallest absolute Gasteiger partial charge is 0.272 e. The van der Waals surface area contributed by atoms with Crippen LogP contribution in [0.3, 0.4) is 0 Å². The van der Waals surface area contributed by atoms with E-state index in [4.69, 9.17) is 4.74 Å². The summed E-state index contributed by atoms with van der Waals surface area (Å²) < 4.78 is 5.36. The van der Waals surface area contributed by atoms with Crippen molar-refractivity contribution in [3.8, 4) is 11.8 Å². The van der Waals surface area contributed by atoms with Crippen LogP contribution in [0, 0.1) is 28.4 Å². The fourth-order valence-electron chi connectivity index (χ4n) is 2.26. The number of hydrogen-bond donors (Lipinski definition) is 1. The van der Waals surface area contributed by atoms with Crippen molar-refractivity contribution in [2.45, 2.75) is 13.8 Å². The van der Waals surface area contributed by atoms with Crippen LogP contribution in [0.15, 0.2) is 48.0 Å². The third-order valence-corrected chi connectivity index (χ3v) is 3.51. The highest BCUT2D eigenvalue weighted by molar-refractivity contribution is 6.09. The zero-order valence-electron chi connectivity index (χ0n) is 14.4. The highest BCUT2D eigenvalue weighted by Crippen LogP contribution is 2.22. The molecule has 0 aliphatic carbocycles. The van der Waals surface area contributed by atoms with Gasteiger partial charge in [0.1, 0.15) is 17.4 Å². The molecule has 0 aromatic heterocycles. The van der Waals surface area contributed by atoms with Crippen LogP contribution in [-0.4, -0.2) is 17.4 Å². The number of ether oxygens (including phenoxy) is 1. The highest BCUT2D eigenvalue weighted by Gasteiger charge is 2.13. The molecular formula is C19H17N3O4. The number of benzene rings is 2. The standard InChI is InChI=1S/C19H17N3O4/c1-3-26-17-6-4-5-16(11-17)21-19(23)15(12-20)9-14-8-7-13(2)18(10-14)22(24)25/h4-11H,3H2,1-2H3,(H,21,23)/b15-9-. The Morgan fingerprint density at radius 2 is 2.12 bits per heavy atom. The summed E-state index contributed by atoms with van der Waals surface area (Å²) in [7, 11) is 0. The van der Waals surface area contributed by atoms with Crippen molar-refractivity contribution in [1.29, 1.82) is 5.26 Å². The molecule has 7 heteroatoms. The number of nitrogens with one attached hydrogen (secondary N) is 1. The number of nitro groups is 1. The first-order chi connectivity index (χ1) is 12.4. The molecule has 132 valence electrons. The fourth-order valence-corrected chi connectivity index (χ4v) is 2.26. The van der Waals surface area contributed by atoms with Crippen LogP contribution in [-0.2, 0) is 4.79 Å². The van der Waals surface area contributed by atoms with Crippen molar-refractivity contribution in [3.05, 3.63) is 69.3 Å². The number of rotatable bonds is 6. The number of carbonyl (C=O) groups is 1. The maximum absolute atomic E-state index is 12.3. The Morgan fingerprint density at radius 1 is 1.35 bits per heavy atom. The number of hydrogen-bond acceptors (Lipinski definition) is 5. The molecule has 0 bridgehead atoms. The third-order valence-electron chi connectivity index (χ3n) is 3.51. The van der Waals surface area contributed by atoms with E-state index in [0.717, 1.165) is 0 Å². The SMILES string of the molecule is CCOc1cccc(NC(=O)/C(C#N)=C\c2ccc(C)c([N+](=O)[O-])c2)c1. The molecule has 0 fully saturated rings. The van der Waals surface area contributed by atoms with Crippen LogP contribution in [0.1, 0.15) is 18.1 Å². The monoisotopic (exact) mass is 351 g/mol. The van der Waals surface area contributed by atoms with E-state index in [-0.39, 0.29) is 11.3 Å². The van der Waals surface area contributed by atoms with Crippen molar-refractivity contribution in [1.82, 2.24) is 0 Å². The molecule has 1 N–H and O–H groups in total. The average molecular weight is 351 g/mol. The molecule has 1 amide bonds. The van der Waals surface area contributed by atoms with Crippen LogP contribution in [0.25, 0.3) is 6.08 Å². The number of anilines is 1. The lowest BCUT2D eigenvalue weighted by atomic mass is 10.1. The van der Waals surface area contributed by atoms with Crippen molar-refractivity contribution in [2.24, 2.45) is 0 Å². The molecule has 0 unspecified atom stereocenters. The quantitative estimate of drug-likeness (QED) is 0.368. The number of nitro benzene ring substituents is 1. The van der Waals surface area contributed by atoms with E-state index >= 15 is 0 Å². The molecule has 2 rings (SSSR count). The molecule has 0 atom stereocenters. The summed E-state index contributed by atoms with van der Waals surface area (Å²) in [5.41, 5.74) is 1.16. The average Bonchev–Trinajstić information content (AvgIpc) is 2.61. The molecule has 0 aliphatic rings. The first-order valence-corrected chi connectivity index (χ1v) is 7.85. The van der Waals surface area contributed by atoms with E-state index in [2.05, 4.69) is 5.32 Å². The van der Waals surface area contributed by atoms with Crippen LogP contribution in [0.4, 0.5) is 11.4 Å². The van der Waals surface area contributed by atoms with Gasteiger partial charge in [0, 0.05) is 23.4 Å². The van der Waals surface area contributed by atoms with Gasteiger partial charge in [-0.25, -0.2) is 0 Å². The number of amides is 1. The van der Waals surface area contributed by atoms with Gasteiger partial charge in [-0.1, -0.05) is 18.2 Å². The van der Waals surface area contributed by atoms with Crippen LogP contribution in [0.2, 0.25) is 0 Å². The summed E-state index contributed by atoms with van der Waals surface area (Å²) in [4.78, 5) is 22.8. The normalized spacial score (nSPS) is 10.7. The van der Waals surface area contributed by atoms with E-state index < -0.39 is 10.8 Å². The van der Waals surface area contributed by atoms with Crippen LogP contribution < -0.4 is 10.1 Å². The van der Waals surface area contributed by atoms with Gasteiger partial charge in [0.15, 0.2) is 0 Å². The van der Waals surface area contributed by atoms with E-state index in [9.17, 15) is 20.2 Å². The third kappa shape index (κ3) is 4.68. The van der Waals surface area contributed by atoms with Crippen molar-refractivity contribution in [2.75, 3.05) is 11.9 Å². The zero-order valence-corrected chi connectivity index (χ0v) is 14.4. The number of nitriles is 1. The number of carbonyl (C=O) groups excluding carboxylic acids is 1. The summed E-state index contributed by atoms with van der Waals surface area (Å²) in [6, 6.07) is 13.1. The maximum atomic E-state index is 12.3. The van der Waals surface area contributed by atoms with Gasteiger partial charge in [0.05, 0.1) is 11.5 Å². The minimum atomic E-state index is -0.607. The topological polar surface area (TPSA) is 105 Å². The Morgan fingerprint density at radius 3 is 2.77 bits per heavy atom. The molecule has 0 heterocycles. The van der Waals surface area contributed by atoms with Crippen molar-refractivity contribution in [3.63, 3.8) is 0 Å². The first-order valence-electron chi connectivity index (χ1n) is 7.85. The van der Waals surface area contributed by atoms with E-state index in [1.807, 2.05) is 13.0 Å². The second-order valence-corrected chi connectivity index (χ2v) is 5.39. The molecule has 2 aromatic rings. The second kappa shape index (κ2) is 8.44. The van der Waals surface area contributed by atoms with Gasteiger partial charge in [0.2, 0.25) is 0 Å². The molecule has 0 spiro atoms. The Kier molecular flexibility index (Phi) is 6.06. The van der Waals surface area contributed by atoms with Crippen LogP contribution >= 0.6 is 0 Å². The van der Waals surface area contributed by atoms with Gasteiger partial charge in [0.25, 0.3) is 11.6 Å². The van der Waals surface area contributed by atoms with Crippen molar-refractivity contribution < 1.29 is 14.5 Å². The molecule has 2 aromatic carbocycles. The lowest BCUT2D eigenvalue weighted by Gasteiger charge is -2.07. The maximum Gasteiger partial charge on any atom is 0.272 e. The molecule has 0 aliphatic heterocycles. The minimum Gasteiger partial charge on any atom is -0.494 e. The number of nitrogens with zero attached hydrogens (tertiary/aromatic N) is 2. The highest BCUT2D eigenvalue weighted by atomic mass is 16.6. The largest absolute Gasteiger partial charge is 0.494 e. The Hall–Kier alpha value is -3.66. The van der Waals surface area contributed by atoms with E-state index in [1.54, 1.807) is 43.3 Å². The molecule has 0 saturated heterocycles. The van der Waals surface area contributed by atoms with E-state index in [0.29, 0.717) is 29.2 Å². The summed E-state index contributed by atoms with van der Waals surface area (Å²) in [5.74, 6) is -0.00803. The number of aryl methyl sites for hydroxylation is 1. The lowest BCUT2D eigenvalue weighted by molar-refractivity contribution is -0.385. The van der Waals surface area contributed by atoms with Gasteiger partial charge in [-0.05, 0) is 37.6 Å². The lowest BCUT2D eigenvalue weighted by Crippen LogP contribution is -2.13. The minimum absolute atomic E-state index is 0.0686. The van der Waals surface area contributed by atoms with Crippen LogP contribution in [0.5, 0.6) is 5.75 Å². The van der Waals surface area contributed by atoms with Gasteiger partial charge in [-0.3, -0.25) is 14.9 Å². The van der Waals surface area contributed by atoms with Crippen molar-refractivity contribution >= 4 is 23.4 Å². The second-order valence-electron chi connectivity index (χ2n) is 5.39.